The molecule has 0 aliphatic rings. The molecule has 0 aromatic rings. The Kier molecular flexibility index (Phi) is 8.73. The zero-order valence-electron chi connectivity index (χ0n) is 10.6. The van der Waals surface area contributed by atoms with E-state index in [4.69, 9.17) is 4.74 Å². The van der Waals surface area contributed by atoms with Gasteiger partial charge in [-0.05, 0) is 31.2 Å². The van der Waals surface area contributed by atoms with E-state index < -0.39 is 0 Å². The van der Waals surface area contributed by atoms with E-state index in [1.54, 1.807) is 7.11 Å². The molecule has 0 saturated heterocycles. The lowest BCUT2D eigenvalue weighted by molar-refractivity contribution is 0.187. The monoisotopic (exact) mass is 213 g/mol. The van der Waals surface area contributed by atoms with Crippen LogP contribution in [0.5, 0.6) is 0 Å². The summed E-state index contributed by atoms with van der Waals surface area (Å²) in [7, 11) is 1.76. The van der Waals surface area contributed by atoms with E-state index in [1.807, 2.05) is 0 Å². The normalized spacial score (nSPS) is 14.9. The van der Waals surface area contributed by atoms with E-state index in [2.05, 4.69) is 31.8 Å². The number of ether oxygens (including phenoxy) is 1. The fraction of sp³-hybridized carbons (Fsp3) is 0.846. The fourth-order valence-corrected chi connectivity index (χ4v) is 1.59. The van der Waals surface area contributed by atoms with Gasteiger partial charge in [0.2, 0.25) is 0 Å². The Labute approximate surface area is 95.1 Å². The summed E-state index contributed by atoms with van der Waals surface area (Å²) in [6, 6.07) is 0. The minimum atomic E-state index is 0.239. The van der Waals surface area contributed by atoms with Crippen LogP contribution in [0, 0.1) is 5.41 Å². The van der Waals surface area contributed by atoms with E-state index in [1.165, 1.54) is 19.3 Å². The molecule has 0 aromatic carbocycles. The molecule has 1 N–H and O–H groups in total. The first-order valence-corrected chi connectivity index (χ1v) is 6.02. The highest BCUT2D eigenvalue weighted by atomic mass is 16.5. The van der Waals surface area contributed by atoms with E-state index in [0.29, 0.717) is 0 Å². The van der Waals surface area contributed by atoms with Crippen molar-refractivity contribution in [3.05, 3.63) is 12.7 Å². The van der Waals surface area contributed by atoms with Gasteiger partial charge in [0.25, 0.3) is 0 Å². The Bertz CT molecular complexity index is 159. The zero-order chi connectivity index (χ0) is 11.6. The van der Waals surface area contributed by atoms with Gasteiger partial charge in [0.15, 0.2) is 0 Å². The predicted octanol–water partition coefficient (Wildman–Crippen LogP) is 3.00. The van der Waals surface area contributed by atoms with E-state index in [0.717, 1.165) is 26.1 Å². The molecule has 1 unspecified atom stereocenters. The van der Waals surface area contributed by atoms with Crippen molar-refractivity contribution < 1.29 is 4.74 Å². The van der Waals surface area contributed by atoms with Crippen LogP contribution < -0.4 is 5.32 Å². The average Bonchev–Trinajstić information content (AvgIpc) is 2.25. The van der Waals surface area contributed by atoms with Crippen molar-refractivity contribution in [2.24, 2.45) is 5.41 Å². The summed E-state index contributed by atoms with van der Waals surface area (Å²) in [5.74, 6) is 0. The van der Waals surface area contributed by atoms with Crippen molar-refractivity contribution >= 4 is 0 Å². The number of hydrogen-bond donors (Lipinski definition) is 1. The molecule has 0 spiro atoms. The topological polar surface area (TPSA) is 21.3 Å². The maximum Gasteiger partial charge on any atom is 0.0462 e. The molecular weight excluding hydrogens is 186 g/mol. The van der Waals surface area contributed by atoms with Gasteiger partial charge in [-0.1, -0.05) is 26.3 Å². The molecule has 0 bridgehead atoms. The molecule has 0 heterocycles. The third kappa shape index (κ3) is 7.57. The summed E-state index contributed by atoms with van der Waals surface area (Å²) >= 11 is 0. The average molecular weight is 213 g/mol. The van der Waals surface area contributed by atoms with Crippen molar-refractivity contribution in [1.29, 1.82) is 0 Å². The Balaban J connectivity index is 3.70. The van der Waals surface area contributed by atoms with Gasteiger partial charge in [-0.2, -0.15) is 0 Å². The van der Waals surface area contributed by atoms with Crippen molar-refractivity contribution in [2.45, 2.75) is 39.5 Å². The Morgan fingerprint density at radius 1 is 1.40 bits per heavy atom. The van der Waals surface area contributed by atoms with E-state index >= 15 is 0 Å². The summed E-state index contributed by atoms with van der Waals surface area (Å²) < 4.78 is 5.05. The number of rotatable bonds is 10. The molecule has 15 heavy (non-hydrogen) atoms. The summed E-state index contributed by atoms with van der Waals surface area (Å²) in [6.45, 7) is 11.4. The molecule has 90 valence electrons. The molecule has 0 radical (unpaired) electrons. The van der Waals surface area contributed by atoms with Crippen molar-refractivity contribution in [1.82, 2.24) is 5.32 Å². The van der Waals surface area contributed by atoms with Crippen LogP contribution in [0.15, 0.2) is 12.7 Å². The molecule has 2 heteroatoms. The second kappa shape index (κ2) is 8.93. The zero-order valence-corrected chi connectivity index (χ0v) is 10.6. The fourth-order valence-electron chi connectivity index (χ4n) is 1.59. The molecule has 0 amide bonds. The van der Waals surface area contributed by atoms with Crippen LogP contribution in [0.3, 0.4) is 0 Å². The lowest BCUT2D eigenvalue weighted by atomic mass is 9.85. The van der Waals surface area contributed by atoms with Crippen LogP contribution in [0.25, 0.3) is 0 Å². The highest BCUT2D eigenvalue weighted by molar-refractivity contribution is 4.92. The maximum atomic E-state index is 5.05. The first-order chi connectivity index (χ1) is 7.18. The Morgan fingerprint density at radius 2 is 2.13 bits per heavy atom. The van der Waals surface area contributed by atoms with Gasteiger partial charge >= 0.3 is 0 Å². The summed E-state index contributed by atoms with van der Waals surface area (Å²) in [6.07, 6.45) is 6.83. The minimum Gasteiger partial charge on any atom is -0.385 e. The Morgan fingerprint density at radius 3 is 2.67 bits per heavy atom. The van der Waals surface area contributed by atoms with E-state index in [9.17, 15) is 0 Å². The third-order valence-electron chi connectivity index (χ3n) is 2.79. The first kappa shape index (κ1) is 14.7. The molecule has 0 fully saturated rings. The molecular formula is C13H27NO. The van der Waals surface area contributed by atoms with Gasteiger partial charge in [-0.25, -0.2) is 0 Å². The predicted molar refractivity (Wildman–Crippen MR) is 67.2 cm³/mol. The molecule has 0 aromatic heterocycles. The number of methoxy groups -OCH3 is 1. The first-order valence-electron chi connectivity index (χ1n) is 6.02. The van der Waals surface area contributed by atoms with Crippen molar-refractivity contribution in [2.75, 3.05) is 26.8 Å². The van der Waals surface area contributed by atoms with Gasteiger partial charge in [0.05, 0.1) is 0 Å². The SMILES string of the molecule is C=CC(C)(CCCCOC)CNCCC. The number of nitrogens with one attached hydrogen (secondary N) is 1. The van der Waals surface area contributed by atoms with Crippen LogP contribution in [0.4, 0.5) is 0 Å². The van der Waals surface area contributed by atoms with Crippen LogP contribution >= 0.6 is 0 Å². The smallest absolute Gasteiger partial charge is 0.0462 e. The standard InChI is InChI=1S/C13H27NO/c1-5-10-14-12-13(3,6-2)9-7-8-11-15-4/h6,14H,2,5,7-12H2,1,3-4H3. The quantitative estimate of drug-likeness (QED) is 0.445. The van der Waals surface area contributed by atoms with Crippen molar-refractivity contribution in [3.63, 3.8) is 0 Å². The molecule has 0 rings (SSSR count). The summed E-state index contributed by atoms with van der Waals surface area (Å²) in [5, 5.41) is 3.46. The van der Waals surface area contributed by atoms with Crippen LogP contribution in [-0.2, 0) is 4.74 Å². The summed E-state index contributed by atoms with van der Waals surface area (Å²) in [5.41, 5.74) is 0.239. The van der Waals surface area contributed by atoms with Gasteiger partial charge < -0.3 is 10.1 Å². The maximum absolute atomic E-state index is 5.05. The second-order valence-electron chi connectivity index (χ2n) is 4.48. The lowest BCUT2D eigenvalue weighted by Gasteiger charge is -2.26. The highest BCUT2D eigenvalue weighted by Crippen LogP contribution is 2.24. The van der Waals surface area contributed by atoms with Gasteiger partial charge in [0, 0.05) is 20.3 Å². The highest BCUT2D eigenvalue weighted by Gasteiger charge is 2.18. The van der Waals surface area contributed by atoms with Gasteiger partial charge in [0.1, 0.15) is 0 Å². The minimum absolute atomic E-state index is 0.239. The summed E-state index contributed by atoms with van der Waals surface area (Å²) in [4.78, 5) is 0. The van der Waals surface area contributed by atoms with Crippen LogP contribution in [0.1, 0.15) is 39.5 Å². The second-order valence-corrected chi connectivity index (χ2v) is 4.48. The van der Waals surface area contributed by atoms with Crippen LogP contribution in [-0.4, -0.2) is 26.8 Å². The molecule has 0 saturated carbocycles. The van der Waals surface area contributed by atoms with Gasteiger partial charge in [-0.15, -0.1) is 6.58 Å². The van der Waals surface area contributed by atoms with E-state index in [-0.39, 0.29) is 5.41 Å². The largest absolute Gasteiger partial charge is 0.385 e. The molecule has 0 aliphatic heterocycles. The molecule has 1 atom stereocenters. The van der Waals surface area contributed by atoms with Crippen molar-refractivity contribution in [3.8, 4) is 0 Å². The Hall–Kier alpha value is -0.340. The molecule has 0 aliphatic carbocycles. The molecule has 2 nitrogen and oxygen atoms in total. The van der Waals surface area contributed by atoms with Crippen LogP contribution in [0.2, 0.25) is 0 Å². The third-order valence-corrected chi connectivity index (χ3v) is 2.79. The number of hydrogen-bond acceptors (Lipinski definition) is 2. The lowest BCUT2D eigenvalue weighted by Crippen LogP contribution is -2.30. The number of unbranched alkanes of at least 4 members (excludes halogenated alkanes) is 1. The van der Waals surface area contributed by atoms with Gasteiger partial charge in [-0.3, -0.25) is 0 Å².